The second kappa shape index (κ2) is 11.9. The quantitative estimate of drug-likeness (QED) is 0.256. The number of amides is 3. The summed E-state index contributed by atoms with van der Waals surface area (Å²) in [6.45, 7) is 9.40. The SMILES string of the molecule is Cc1ccc(NC(=O)Nc2cc(C(C)(C)C)on2)cc1-n1cc(-c2cnccc2NC(=O)CC2CCOCC2)cn1. The predicted octanol–water partition coefficient (Wildman–Crippen LogP) is 5.93. The Morgan fingerprint density at radius 2 is 1.85 bits per heavy atom. The van der Waals surface area contributed by atoms with Crippen molar-refractivity contribution in [3.05, 3.63) is 66.4 Å². The maximum atomic E-state index is 12.8. The minimum atomic E-state index is -0.439. The van der Waals surface area contributed by atoms with Crippen LogP contribution >= 0.6 is 0 Å². The van der Waals surface area contributed by atoms with Gasteiger partial charge < -0.3 is 19.9 Å². The molecule has 0 unspecified atom stereocenters. The van der Waals surface area contributed by atoms with E-state index in [9.17, 15) is 9.59 Å². The van der Waals surface area contributed by atoms with Crippen LogP contribution in [-0.2, 0) is 14.9 Å². The highest BCUT2D eigenvalue weighted by Gasteiger charge is 2.21. The molecule has 1 aromatic carbocycles. The van der Waals surface area contributed by atoms with Gasteiger partial charge in [0.1, 0.15) is 5.76 Å². The minimum absolute atomic E-state index is 0.0233. The van der Waals surface area contributed by atoms with Gasteiger partial charge in [0.2, 0.25) is 5.91 Å². The Hall–Kier alpha value is -4.51. The highest BCUT2D eigenvalue weighted by atomic mass is 16.5. The number of pyridine rings is 1. The van der Waals surface area contributed by atoms with Gasteiger partial charge in [-0.25, -0.2) is 9.48 Å². The molecule has 4 heterocycles. The number of carbonyl (C=O) groups is 2. The summed E-state index contributed by atoms with van der Waals surface area (Å²) in [6.07, 6.45) is 9.25. The van der Waals surface area contributed by atoms with Crippen LogP contribution in [0.2, 0.25) is 0 Å². The van der Waals surface area contributed by atoms with Crippen LogP contribution in [0.1, 0.15) is 51.4 Å². The number of aryl methyl sites for hydroxylation is 1. The van der Waals surface area contributed by atoms with Gasteiger partial charge in [-0.15, -0.1) is 0 Å². The fourth-order valence-corrected chi connectivity index (χ4v) is 4.64. The van der Waals surface area contributed by atoms with E-state index in [4.69, 9.17) is 9.26 Å². The highest BCUT2D eigenvalue weighted by Crippen LogP contribution is 2.30. The zero-order chi connectivity index (χ0) is 29.0. The van der Waals surface area contributed by atoms with Crippen LogP contribution in [-0.4, -0.2) is 45.1 Å². The zero-order valence-electron chi connectivity index (χ0n) is 23.7. The second-order valence-electron chi connectivity index (χ2n) is 11.3. The van der Waals surface area contributed by atoms with Crippen LogP contribution in [0.5, 0.6) is 0 Å². The van der Waals surface area contributed by atoms with Crippen LogP contribution in [0.3, 0.4) is 0 Å². The van der Waals surface area contributed by atoms with E-state index in [-0.39, 0.29) is 11.3 Å². The van der Waals surface area contributed by atoms with Crippen molar-refractivity contribution in [2.24, 2.45) is 5.92 Å². The molecule has 41 heavy (non-hydrogen) atoms. The third kappa shape index (κ3) is 6.98. The monoisotopic (exact) mass is 557 g/mol. The van der Waals surface area contributed by atoms with Crippen LogP contribution in [0.25, 0.3) is 16.8 Å². The number of urea groups is 1. The summed E-state index contributed by atoms with van der Waals surface area (Å²) in [7, 11) is 0. The van der Waals surface area contributed by atoms with Gasteiger partial charge in [-0.2, -0.15) is 5.10 Å². The molecule has 4 aromatic rings. The lowest BCUT2D eigenvalue weighted by Gasteiger charge is -2.21. The first-order valence-electron chi connectivity index (χ1n) is 13.7. The van der Waals surface area contributed by atoms with E-state index in [1.165, 1.54) is 0 Å². The van der Waals surface area contributed by atoms with Crippen molar-refractivity contribution in [3.8, 4) is 16.8 Å². The molecule has 3 amide bonds. The van der Waals surface area contributed by atoms with Gasteiger partial charge in [0.05, 0.1) is 17.6 Å². The van der Waals surface area contributed by atoms with Crippen molar-refractivity contribution >= 4 is 29.1 Å². The van der Waals surface area contributed by atoms with Gasteiger partial charge in [-0.05, 0) is 49.4 Å². The van der Waals surface area contributed by atoms with Crippen LogP contribution < -0.4 is 16.0 Å². The zero-order valence-corrected chi connectivity index (χ0v) is 23.7. The molecule has 0 spiro atoms. The fraction of sp³-hybridized carbons (Fsp3) is 0.367. The summed E-state index contributed by atoms with van der Waals surface area (Å²) in [6, 6.07) is 8.64. The third-order valence-electron chi connectivity index (χ3n) is 7.01. The molecule has 0 saturated carbocycles. The van der Waals surface area contributed by atoms with Gasteiger partial charge in [-0.1, -0.05) is 32.0 Å². The van der Waals surface area contributed by atoms with E-state index >= 15 is 0 Å². The Morgan fingerprint density at radius 3 is 2.61 bits per heavy atom. The molecule has 214 valence electrons. The second-order valence-corrected chi connectivity index (χ2v) is 11.3. The Kier molecular flexibility index (Phi) is 8.16. The molecule has 1 saturated heterocycles. The first kappa shape index (κ1) is 28.0. The number of nitrogens with one attached hydrogen (secondary N) is 3. The van der Waals surface area contributed by atoms with E-state index in [1.807, 2.05) is 52.1 Å². The maximum absolute atomic E-state index is 12.8. The summed E-state index contributed by atoms with van der Waals surface area (Å²) >= 11 is 0. The summed E-state index contributed by atoms with van der Waals surface area (Å²) in [5.74, 6) is 1.32. The number of anilines is 3. The molecule has 0 atom stereocenters. The number of carbonyl (C=O) groups excluding carboxylic acids is 2. The molecule has 1 aliphatic rings. The van der Waals surface area contributed by atoms with Gasteiger partial charge in [-0.3, -0.25) is 15.1 Å². The van der Waals surface area contributed by atoms with Crippen molar-refractivity contribution in [2.45, 2.75) is 52.4 Å². The molecule has 11 nitrogen and oxygen atoms in total. The van der Waals surface area contributed by atoms with Crippen LogP contribution in [0.4, 0.5) is 22.0 Å². The summed E-state index contributed by atoms with van der Waals surface area (Å²) in [4.78, 5) is 29.7. The Balaban J connectivity index is 1.28. The van der Waals surface area contributed by atoms with E-state index in [0.29, 0.717) is 48.5 Å². The molecular formula is C30H35N7O4. The predicted molar refractivity (Wildman–Crippen MR) is 156 cm³/mol. The van der Waals surface area contributed by atoms with Crippen molar-refractivity contribution < 1.29 is 18.8 Å². The van der Waals surface area contributed by atoms with E-state index in [1.54, 1.807) is 35.4 Å². The Morgan fingerprint density at radius 1 is 1.05 bits per heavy atom. The molecule has 1 aliphatic heterocycles. The topological polar surface area (TPSA) is 136 Å². The number of aromatic nitrogens is 4. The molecular weight excluding hydrogens is 522 g/mol. The number of hydrogen-bond donors (Lipinski definition) is 3. The molecule has 3 aromatic heterocycles. The molecule has 0 aliphatic carbocycles. The summed E-state index contributed by atoms with van der Waals surface area (Å²) in [5.41, 5.74) is 4.38. The molecule has 5 rings (SSSR count). The molecule has 1 fully saturated rings. The third-order valence-corrected chi connectivity index (χ3v) is 7.01. The first-order chi connectivity index (χ1) is 19.7. The van der Waals surface area contributed by atoms with Gasteiger partial charge >= 0.3 is 6.03 Å². The standard InChI is InChI=1S/C30H35N7O4/c1-19-5-6-22(33-29(39)35-27-15-26(41-36-27)30(2,3)4)14-25(19)37-18-21(16-32-37)23-17-31-10-7-24(23)34-28(38)13-20-8-11-40-12-9-20/h5-7,10,14-18,20H,8-9,11-13H2,1-4H3,(H,31,34,38)(H2,33,35,36,39). The molecule has 0 radical (unpaired) electrons. The van der Waals surface area contributed by atoms with E-state index < -0.39 is 6.03 Å². The van der Waals surface area contributed by atoms with Gasteiger partial charge in [0.25, 0.3) is 0 Å². The number of ether oxygens (including phenoxy) is 1. The lowest BCUT2D eigenvalue weighted by Crippen LogP contribution is -2.22. The first-order valence-corrected chi connectivity index (χ1v) is 13.7. The van der Waals surface area contributed by atoms with Crippen LogP contribution in [0.15, 0.2) is 59.6 Å². The Bertz CT molecular complexity index is 1530. The fourth-order valence-electron chi connectivity index (χ4n) is 4.64. The van der Waals surface area contributed by atoms with Crippen molar-refractivity contribution in [1.82, 2.24) is 19.9 Å². The number of rotatable bonds is 7. The lowest BCUT2D eigenvalue weighted by atomic mass is 9.93. The number of nitrogens with zero attached hydrogens (tertiary/aromatic N) is 4. The smallest absolute Gasteiger partial charge is 0.324 e. The molecule has 0 bridgehead atoms. The minimum Gasteiger partial charge on any atom is -0.381 e. The maximum Gasteiger partial charge on any atom is 0.324 e. The van der Waals surface area contributed by atoms with Crippen molar-refractivity contribution in [3.63, 3.8) is 0 Å². The number of benzene rings is 1. The van der Waals surface area contributed by atoms with Crippen LogP contribution in [0, 0.1) is 12.8 Å². The number of hydrogen-bond acceptors (Lipinski definition) is 7. The molecule has 3 N–H and O–H groups in total. The normalized spacial score (nSPS) is 14.0. The van der Waals surface area contributed by atoms with E-state index in [2.05, 4.69) is 31.2 Å². The summed E-state index contributed by atoms with van der Waals surface area (Å²) < 4.78 is 12.5. The largest absolute Gasteiger partial charge is 0.381 e. The van der Waals surface area contributed by atoms with Crippen molar-refractivity contribution in [1.29, 1.82) is 0 Å². The molecule has 11 heteroatoms. The van der Waals surface area contributed by atoms with E-state index in [0.717, 1.165) is 35.2 Å². The Labute approximate surface area is 238 Å². The highest BCUT2D eigenvalue weighted by molar-refractivity contribution is 5.99. The lowest BCUT2D eigenvalue weighted by molar-refractivity contribution is -0.117. The van der Waals surface area contributed by atoms with Gasteiger partial charge in [0.15, 0.2) is 5.82 Å². The van der Waals surface area contributed by atoms with Gasteiger partial charge in [0, 0.05) is 66.5 Å². The average molecular weight is 558 g/mol. The average Bonchev–Trinajstić information content (AvgIpc) is 3.61. The van der Waals surface area contributed by atoms with Crippen molar-refractivity contribution in [2.75, 3.05) is 29.2 Å². The summed E-state index contributed by atoms with van der Waals surface area (Å²) in [5, 5.41) is 17.1.